The van der Waals surface area contributed by atoms with E-state index in [1.54, 1.807) is 41.2 Å². The van der Waals surface area contributed by atoms with E-state index < -0.39 is 12.8 Å². The van der Waals surface area contributed by atoms with E-state index in [0.717, 1.165) is 11.3 Å². The summed E-state index contributed by atoms with van der Waals surface area (Å²) in [5.41, 5.74) is 1.58. The van der Waals surface area contributed by atoms with Gasteiger partial charge in [-0.25, -0.2) is 4.99 Å². The molecular weight excluding hydrogens is 413 g/mol. The normalized spacial score (nSPS) is 15.4. The molecule has 0 atom stereocenters. The summed E-state index contributed by atoms with van der Waals surface area (Å²) in [6.45, 7) is 2.88. The summed E-state index contributed by atoms with van der Waals surface area (Å²) in [5.74, 6) is 0.712. The summed E-state index contributed by atoms with van der Waals surface area (Å²) in [6, 6.07) is 6.31. The molecule has 0 saturated carbocycles. The number of hydrogen-bond acceptors (Lipinski definition) is 4. The van der Waals surface area contributed by atoms with Crippen LogP contribution in [0.1, 0.15) is 12.5 Å². The van der Waals surface area contributed by atoms with Gasteiger partial charge in [0, 0.05) is 32.9 Å². The molecule has 1 saturated heterocycles. The number of carbonyl (C=O) groups is 1. The molecule has 1 aliphatic heterocycles. The number of guanidine groups is 1. The number of halogens is 3. The van der Waals surface area contributed by atoms with Gasteiger partial charge in [0.25, 0.3) is 0 Å². The smallest absolute Gasteiger partial charge is 0.422 e. The summed E-state index contributed by atoms with van der Waals surface area (Å²) in [7, 11) is 1.80. The summed E-state index contributed by atoms with van der Waals surface area (Å²) in [5, 5.41) is 7.30. The van der Waals surface area contributed by atoms with Crippen LogP contribution in [0.2, 0.25) is 0 Å². The second-order valence-corrected chi connectivity index (χ2v) is 7.06. The first-order chi connectivity index (χ1) is 14.7. The summed E-state index contributed by atoms with van der Waals surface area (Å²) >= 11 is 0. The predicted molar refractivity (Wildman–Crippen MR) is 110 cm³/mol. The molecule has 3 rings (SSSR count). The molecule has 0 bridgehead atoms. The van der Waals surface area contributed by atoms with E-state index in [4.69, 9.17) is 4.74 Å². The largest absolute Gasteiger partial charge is 0.484 e. The fourth-order valence-corrected chi connectivity index (χ4v) is 3.12. The van der Waals surface area contributed by atoms with Crippen molar-refractivity contribution in [1.82, 2.24) is 20.0 Å². The lowest BCUT2D eigenvalue weighted by Gasteiger charge is -2.35. The van der Waals surface area contributed by atoms with Crippen LogP contribution in [0.4, 0.5) is 18.9 Å². The van der Waals surface area contributed by atoms with Crippen molar-refractivity contribution >= 4 is 17.6 Å². The Hall–Kier alpha value is -3.24. The molecule has 1 aromatic carbocycles. The monoisotopic (exact) mass is 438 g/mol. The Bertz CT molecular complexity index is 910. The maximum Gasteiger partial charge on any atom is 0.422 e. The topological polar surface area (TPSA) is 75.0 Å². The number of ether oxygens (including phenoxy) is 1. The van der Waals surface area contributed by atoms with Crippen molar-refractivity contribution in [3.8, 4) is 5.75 Å². The third kappa shape index (κ3) is 6.37. The Labute approximate surface area is 178 Å². The van der Waals surface area contributed by atoms with Gasteiger partial charge in [-0.3, -0.25) is 9.48 Å². The number of hydrogen-bond donors (Lipinski definition) is 1. The number of rotatable bonds is 6. The van der Waals surface area contributed by atoms with Gasteiger partial charge in [-0.2, -0.15) is 18.3 Å². The highest BCUT2D eigenvalue weighted by molar-refractivity contribution is 5.98. The highest BCUT2D eigenvalue weighted by atomic mass is 19.4. The zero-order valence-electron chi connectivity index (χ0n) is 17.4. The highest BCUT2D eigenvalue weighted by Crippen LogP contribution is 2.19. The third-order valence-electron chi connectivity index (χ3n) is 4.60. The average molecular weight is 438 g/mol. The van der Waals surface area contributed by atoms with Crippen LogP contribution in [0.25, 0.3) is 0 Å². The molecule has 1 fully saturated rings. The Morgan fingerprint density at radius 1 is 1.26 bits per heavy atom. The molecule has 0 unspecified atom stereocenters. The number of aromatic nitrogens is 2. The second kappa shape index (κ2) is 9.71. The van der Waals surface area contributed by atoms with Crippen LogP contribution >= 0.6 is 0 Å². The molecule has 1 aromatic heterocycles. The van der Waals surface area contributed by atoms with Crippen LogP contribution in [0.5, 0.6) is 5.75 Å². The third-order valence-corrected chi connectivity index (χ3v) is 4.60. The minimum absolute atomic E-state index is 0.0454. The van der Waals surface area contributed by atoms with Gasteiger partial charge in [-0.05, 0) is 24.6 Å². The average Bonchev–Trinajstić information content (AvgIpc) is 3.15. The number of nitrogens with zero attached hydrogens (tertiary/aromatic N) is 5. The number of alkyl halides is 3. The van der Waals surface area contributed by atoms with E-state index in [-0.39, 0.29) is 18.2 Å². The van der Waals surface area contributed by atoms with Crippen molar-refractivity contribution in [2.75, 3.05) is 37.7 Å². The Kier molecular flexibility index (Phi) is 7.03. The quantitative estimate of drug-likeness (QED) is 0.553. The Balaban J connectivity index is 1.60. The van der Waals surface area contributed by atoms with E-state index in [1.807, 2.05) is 11.8 Å². The van der Waals surface area contributed by atoms with E-state index >= 15 is 0 Å². The first kappa shape index (κ1) is 22.4. The van der Waals surface area contributed by atoms with Crippen LogP contribution in [-0.2, 0) is 18.4 Å². The molecule has 168 valence electrons. The minimum Gasteiger partial charge on any atom is -0.484 e. The number of amides is 1. The van der Waals surface area contributed by atoms with Gasteiger partial charge >= 0.3 is 6.18 Å². The Morgan fingerprint density at radius 3 is 2.58 bits per heavy atom. The van der Waals surface area contributed by atoms with Gasteiger partial charge in [-0.1, -0.05) is 12.1 Å². The van der Waals surface area contributed by atoms with Crippen molar-refractivity contribution in [3.05, 3.63) is 42.2 Å². The predicted octanol–water partition coefficient (Wildman–Crippen LogP) is 2.18. The molecule has 8 nitrogen and oxygen atoms in total. The number of anilines is 1. The molecule has 2 aromatic rings. The summed E-state index contributed by atoms with van der Waals surface area (Å²) < 4.78 is 43.1. The van der Waals surface area contributed by atoms with Crippen molar-refractivity contribution in [2.24, 2.45) is 12.0 Å². The molecule has 31 heavy (non-hydrogen) atoms. The zero-order chi connectivity index (χ0) is 22.4. The summed E-state index contributed by atoms with van der Waals surface area (Å²) in [4.78, 5) is 20.8. The fraction of sp³-hybridized carbons (Fsp3) is 0.450. The minimum atomic E-state index is -4.37. The lowest BCUT2D eigenvalue weighted by atomic mass is 10.2. The van der Waals surface area contributed by atoms with Gasteiger partial charge in [0.2, 0.25) is 5.91 Å². The molecule has 0 spiro atoms. The van der Waals surface area contributed by atoms with Crippen LogP contribution in [0.15, 0.2) is 41.7 Å². The number of piperazine rings is 1. The van der Waals surface area contributed by atoms with Gasteiger partial charge in [0.05, 0.1) is 18.4 Å². The van der Waals surface area contributed by atoms with Crippen molar-refractivity contribution in [1.29, 1.82) is 0 Å². The number of nitrogens with one attached hydrogen (secondary N) is 1. The first-order valence-electron chi connectivity index (χ1n) is 9.86. The lowest BCUT2D eigenvalue weighted by Crippen LogP contribution is -2.55. The van der Waals surface area contributed by atoms with E-state index in [9.17, 15) is 18.0 Å². The molecule has 0 radical (unpaired) electrons. The van der Waals surface area contributed by atoms with Crippen LogP contribution in [0, 0.1) is 0 Å². The van der Waals surface area contributed by atoms with Gasteiger partial charge in [-0.15, -0.1) is 0 Å². The van der Waals surface area contributed by atoms with Gasteiger partial charge in [0.15, 0.2) is 12.6 Å². The number of carbonyl (C=O) groups excluding carboxylic acids is 1. The maximum absolute atomic E-state index is 12.6. The SMILES string of the molecule is CCNC(=NCc1ccc(OCC(F)(F)F)cc1)N1CCN(c2cnn(C)c2)C(=O)C1. The zero-order valence-corrected chi connectivity index (χ0v) is 17.4. The standard InChI is InChI=1S/C20H25F3N6O2/c1-3-24-19(25-10-15-4-6-17(7-5-15)31-14-20(21,22)23)28-8-9-29(18(30)13-28)16-11-26-27(2)12-16/h4-7,11-12H,3,8-10,13-14H2,1-2H3,(H,24,25). The molecule has 11 heteroatoms. The van der Waals surface area contributed by atoms with Crippen LogP contribution in [0.3, 0.4) is 0 Å². The molecule has 1 N–H and O–H groups in total. The Morgan fingerprint density at radius 2 is 2.00 bits per heavy atom. The van der Waals surface area contributed by atoms with Crippen LogP contribution in [-0.4, -0.2) is 65.5 Å². The molecular formula is C20H25F3N6O2. The molecule has 1 amide bonds. The molecule has 0 aliphatic carbocycles. The first-order valence-corrected chi connectivity index (χ1v) is 9.86. The molecule has 2 heterocycles. The van der Waals surface area contributed by atoms with Crippen molar-refractivity contribution in [3.63, 3.8) is 0 Å². The highest BCUT2D eigenvalue weighted by Gasteiger charge is 2.29. The maximum atomic E-state index is 12.6. The lowest BCUT2D eigenvalue weighted by molar-refractivity contribution is -0.153. The van der Waals surface area contributed by atoms with Crippen LogP contribution < -0.4 is 15.0 Å². The number of aryl methyl sites for hydroxylation is 1. The van der Waals surface area contributed by atoms with E-state index in [0.29, 0.717) is 32.1 Å². The van der Waals surface area contributed by atoms with Crippen molar-refractivity contribution < 1.29 is 22.7 Å². The van der Waals surface area contributed by atoms with Gasteiger partial charge < -0.3 is 19.9 Å². The number of benzene rings is 1. The van der Waals surface area contributed by atoms with Gasteiger partial charge in [0.1, 0.15) is 12.3 Å². The second-order valence-electron chi connectivity index (χ2n) is 7.06. The number of aliphatic imine (C=N–C) groups is 1. The van der Waals surface area contributed by atoms with Crippen molar-refractivity contribution in [2.45, 2.75) is 19.6 Å². The fourth-order valence-electron chi connectivity index (χ4n) is 3.12. The molecule has 1 aliphatic rings. The van der Waals surface area contributed by atoms with E-state index in [1.165, 1.54) is 12.1 Å². The summed E-state index contributed by atoms with van der Waals surface area (Å²) in [6.07, 6.45) is -0.911. The van der Waals surface area contributed by atoms with E-state index in [2.05, 4.69) is 15.4 Å².